The lowest BCUT2D eigenvalue weighted by molar-refractivity contribution is -0.137. The summed E-state index contributed by atoms with van der Waals surface area (Å²) in [5, 5.41) is 9.41. The van der Waals surface area contributed by atoms with Gasteiger partial charge in [-0.3, -0.25) is 0 Å². The lowest BCUT2D eigenvalue weighted by Crippen LogP contribution is -2.34. The van der Waals surface area contributed by atoms with Gasteiger partial charge in [0.25, 0.3) is 0 Å². The molecule has 3 heterocycles. The number of piperidine rings is 1. The van der Waals surface area contributed by atoms with Crippen LogP contribution in [0.1, 0.15) is 29.9 Å². The van der Waals surface area contributed by atoms with E-state index in [9.17, 15) is 13.2 Å². The Bertz CT molecular complexity index is 959. The van der Waals surface area contributed by atoms with Crippen LogP contribution in [0.25, 0.3) is 11.5 Å². The zero-order valence-electron chi connectivity index (χ0n) is 16.7. The summed E-state index contributed by atoms with van der Waals surface area (Å²) in [5.41, 5.74) is 1.18. The summed E-state index contributed by atoms with van der Waals surface area (Å²) in [7, 11) is 1.96. The number of aromatic amines is 1. The van der Waals surface area contributed by atoms with E-state index in [1.165, 1.54) is 12.1 Å². The van der Waals surface area contributed by atoms with Crippen LogP contribution in [-0.2, 0) is 13.2 Å². The summed E-state index contributed by atoms with van der Waals surface area (Å²) in [6, 6.07) is 9.69. The van der Waals surface area contributed by atoms with E-state index < -0.39 is 11.7 Å². The molecular weight excluding hydrogens is 411 g/mol. The molecule has 0 amide bonds. The number of halogens is 3. The second kappa shape index (κ2) is 8.85. The second-order valence-corrected chi connectivity index (χ2v) is 8.60. The number of rotatable bonds is 6. The molecule has 2 aromatic heterocycles. The number of thioether (sulfide) groups is 1. The molecule has 1 aromatic carbocycles. The Labute approximate surface area is 177 Å². The SMILES string of the molecule is Cn1c(SCCN2CCC(c3cccc(C(F)(F)F)c3)CC2)nnc1-c1ccc[nH]1. The maximum Gasteiger partial charge on any atom is 0.416 e. The molecule has 1 N–H and O–H groups in total. The number of aromatic nitrogens is 4. The van der Waals surface area contributed by atoms with Gasteiger partial charge in [-0.25, -0.2) is 0 Å². The van der Waals surface area contributed by atoms with Crippen molar-refractivity contribution in [1.29, 1.82) is 0 Å². The number of nitrogens with one attached hydrogen (secondary N) is 1. The van der Waals surface area contributed by atoms with Gasteiger partial charge >= 0.3 is 6.18 Å². The molecule has 3 aromatic rings. The van der Waals surface area contributed by atoms with Gasteiger partial charge in [-0.1, -0.05) is 30.0 Å². The third kappa shape index (κ3) is 4.73. The van der Waals surface area contributed by atoms with E-state index in [0.29, 0.717) is 0 Å². The van der Waals surface area contributed by atoms with E-state index in [1.807, 2.05) is 36.0 Å². The Morgan fingerprint density at radius 1 is 1.13 bits per heavy atom. The van der Waals surface area contributed by atoms with Crippen LogP contribution >= 0.6 is 11.8 Å². The van der Waals surface area contributed by atoms with Gasteiger partial charge in [0, 0.05) is 25.5 Å². The molecule has 1 aliphatic heterocycles. The van der Waals surface area contributed by atoms with Crippen molar-refractivity contribution >= 4 is 11.8 Å². The summed E-state index contributed by atoms with van der Waals surface area (Å²) < 4.78 is 40.9. The Hall–Kier alpha value is -2.26. The average Bonchev–Trinajstić information content (AvgIpc) is 3.38. The van der Waals surface area contributed by atoms with Gasteiger partial charge in [0.2, 0.25) is 0 Å². The molecule has 5 nitrogen and oxygen atoms in total. The topological polar surface area (TPSA) is 49.7 Å². The summed E-state index contributed by atoms with van der Waals surface area (Å²) in [6.45, 7) is 2.71. The maximum absolute atomic E-state index is 13.0. The first-order chi connectivity index (χ1) is 14.4. The molecule has 0 unspecified atom stereocenters. The quantitative estimate of drug-likeness (QED) is 0.565. The first-order valence-corrected chi connectivity index (χ1v) is 11.0. The van der Waals surface area contributed by atoms with Crippen molar-refractivity contribution in [3.05, 3.63) is 53.7 Å². The molecule has 1 fully saturated rings. The smallest absolute Gasteiger partial charge is 0.359 e. The molecule has 1 aliphatic rings. The molecule has 1 saturated heterocycles. The van der Waals surface area contributed by atoms with Crippen molar-refractivity contribution in [2.24, 2.45) is 7.05 Å². The summed E-state index contributed by atoms with van der Waals surface area (Å²) in [4.78, 5) is 5.52. The number of alkyl halides is 3. The van der Waals surface area contributed by atoms with Gasteiger partial charge < -0.3 is 14.5 Å². The summed E-state index contributed by atoms with van der Waals surface area (Å²) in [6.07, 6.45) is -0.659. The molecular formula is C21H24F3N5S. The van der Waals surface area contributed by atoms with E-state index in [4.69, 9.17) is 0 Å². The maximum atomic E-state index is 13.0. The Kier molecular flexibility index (Phi) is 6.19. The normalized spacial score (nSPS) is 16.3. The highest BCUT2D eigenvalue weighted by atomic mass is 32.2. The minimum absolute atomic E-state index is 0.193. The number of hydrogen-bond donors (Lipinski definition) is 1. The molecule has 0 aliphatic carbocycles. The third-order valence-electron chi connectivity index (χ3n) is 5.59. The third-order valence-corrected chi connectivity index (χ3v) is 6.59. The van der Waals surface area contributed by atoms with E-state index in [0.717, 1.165) is 66.5 Å². The van der Waals surface area contributed by atoms with Crippen LogP contribution in [0.4, 0.5) is 13.2 Å². The van der Waals surface area contributed by atoms with Crippen molar-refractivity contribution < 1.29 is 13.2 Å². The molecule has 160 valence electrons. The van der Waals surface area contributed by atoms with E-state index in [-0.39, 0.29) is 5.92 Å². The standard InChI is InChI=1S/C21H24F3N5S/c1-28-19(18-6-3-9-25-18)26-27-20(28)30-13-12-29-10-7-15(8-11-29)16-4-2-5-17(14-16)21(22,23)24/h2-6,9,14-15,25H,7-8,10-13H2,1H3. The fraction of sp³-hybridized carbons (Fsp3) is 0.429. The molecule has 0 radical (unpaired) electrons. The lowest BCUT2D eigenvalue weighted by atomic mass is 9.88. The minimum atomic E-state index is -4.28. The molecule has 30 heavy (non-hydrogen) atoms. The second-order valence-electron chi connectivity index (χ2n) is 7.54. The van der Waals surface area contributed by atoms with Crippen molar-refractivity contribution in [3.8, 4) is 11.5 Å². The predicted octanol–water partition coefficient (Wildman–Crippen LogP) is 4.80. The Morgan fingerprint density at radius 3 is 2.63 bits per heavy atom. The number of nitrogens with zero attached hydrogens (tertiary/aromatic N) is 4. The predicted molar refractivity (Wildman–Crippen MR) is 111 cm³/mol. The number of likely N-dealkylation sites (tertiary alicyclic amines) is 1. The van der Waals surface area contributed by atoms with Crippen molar-refractivity contribution in [2.75, 3.05) is 25.4 Å². The monoisotopic (exact) mass is 435 g/mol. The largest absolute Gasteiger partial charge is 0.416 e. The molecule has 0 bridgehead atoms. The fourth-order valence-electron chi connectivity index (χ4n) is 3.87. The van der Waals surface area contributed by atoms with Crippen molar-refractivity contribution in [3.63, 3.8) is 0 Å². The van der Waals surface area contributed by atoms with Gasteiger partial charge in [0.05, 0.1) is 11.3 Å². The van der Waals surface area contributed by atoms with Gasteiger partial charge in [-0.2, -0.15) is 13.2 Å². The van der Waals surface area contributed by atoms with Crippen LogP contribution in [0.3, 0.4) is 0 Å². The number of H-pyrrole nitrogens is 1. The number of hydrogen-bond acceptors (Lipinski definition) is 4. The Balaban J connectivity index is 1.26. The van der Waals surface area contributed by atoms with E-state index in [2.05, 4.69) is 20.1 Å². The highest BCUT2D eigenvalue weighted by molar-refractivity contribution is 7.99. The number of benzene rings is 1. The Morgan fingerprint density at radius 2 is 1.93 bits per heavy atom. The zero-order chi connectivity index (χ0) is 21.1. The minimum Gasteiger partial charge on any atom is -0.359 e. The average molecular weight is 436 g/mol. The first kappa shape index (κ1) is 21.0. The van der Waals surface area contributed by atoms with Gasteiger partial charge in [-0.05, 0) is 55.6 Å². The van der Waals surface area contributed by atoms with Gasteiger partial charge in [-0.15, -0.1) is 10.2 Å². The molecule has 0 spiro atoms. The van der Waals surface area contributed by atoms with E-state index >= 15 is 0 Å². The van der Waals surface area contributed by atoms with Crippen LogP contribution in [0.15, 0.2) is 47.8 Å². The highest BCUT2D eigenvalue weighted by Gasteiger charge is 2.31. The zero-order valence-corrected chi connectivity index (χ0v) is 17.5. The molecule has 0 saturated carbocycles. The van der Waals surface area contributed by atoms with Crippen LogP contribution in [0.5, 0.6) is 0 Å². The van der Waals surface area contributed by atoms with Gasteiger partial charge in [0.15, 0.2) is 11.0 Å². The first-order valence-electron chi connectivity index (χ1n) is 9.97. The van der Waals surface area contributed by atoms with Crippen LogP contribution in [0.2, 0.25) is 0 Å². The summed E-state index contributed by atoms with van der Waals surface area (Å²) in [5.74, 6) is 1.90. The lowest BCUT2D eigenvalue weighted by Gasteiger charge is -2.32. The van der Waals surface area contributed by atoms with E-state index in [1.54, 1.807) is 11.8 Å². The van der Waals surface area contributed by atoms with Crippen LogP contribution < -0.4 is 0 Å². The molecule has 9 heteroatoms. The van der Waals surface area contributed by atoms with Crippen molar-refractivity contribution in [2.45, 2.75) is 30.1 Å². The van der Waals surface area contributed by atoms with Crippen LogP contribution in [0, 0.1) is 0 Å². The van der Waals surface area contributed by atoms with Gasteiger partial charge in [0.1, 0.15) is 0 Å². The fourth-order valence-corrected chi connectivity index (χ4v) is 4.78. The highest BCUT2D eigenvalue weighted by Crippen LogP contribution is 2.34. The molecule has 0 atom stereocenters. The van der Waals surface area contributed by atoms with Crippen molar-refractivity contribution in [1.82, 2.24) is 24.6 Å². The molecule has 4 rings (SSSR count). The van der Waals surface area contributed by atoms with Crippen LogP contribution in [-0.4, -0.2) is 50.0 Å². The summed E-state index contributed by atoms with van der Waals surface area (Å²) >= 11 is 1.67.